The van der Waals surface area contributed by atoms with Crippen molar-refractivity contribution >= 4 is 11.4 Å². The third-order valence-corrected chi connectivity index (χ3v) is 1.93. The zero-order valence-electron chi connectivity index (χ0n) is 8.94. The van der Waals surface area contributed by atoms with E-state index in [9.17, 15) is 0 Å². The Hall–Kier alpha value is -1.57. The molecule has 0 aliphatic rings. The molecule has 0 heterocycles. The molecule has 0 aromatic heterocycles. The maximum atomic E-state index is 7.65. The molecule has 0 amide bonds. The van der Waals surface area contributed by atoms with E-state index in [0.29, 0.717) is 5.71 Å². The first kappa shape index (κ1) is 10.5. The lowest BCUT2D eigenvalue weighted by molar-refractivity contribution is 1.35. The van der Waals surface area contributed by atoms with Gasteiger partial charge in [0.25, 0.3) is 0 Å². The maximum absolute atomic E-state index is 7.65. The van der Waals surface area contributed by atoms with Crippen LogP contribution >= 0.6 is 0 Å². The summed E-state index contributed by atoms with van der Waals surface area (Å²) in [6.07, 6.45) is 0. The van der Waals surface area contributed by atoms with Crippen LogP contribution in [0.3, 0.4) is 0 Å². The second kappa shape index (κ2) is 4.09. The van der Waals surface area contributed by atoms with Crippen LogP contribution in [0.4, 0.5) is 5.69 Å². The largest absolute Gasteiger partial charge is 0.359 e. The van der Waals surface area contributed by atoms with Crippen LogP contribution in [0.5, 0.6) is 0 Å². The van der Waals surface area contributed by atoms with Crippen LogP contribution in [-0.4, -0.2) is 5.71 Å². The fourth-order valence-corrected chi connectivity index (χ4v) is 1.31. The van der Waals surface area contributed by atoms with E-state index in [1.54, 1.807) is 6.92 Å². The Morgan fingerprint density at radius 2 is 2.00 bits per heavy atom. The van der Waals surface area contributed by atoms with Crippen molar-refractivity contribution in [2.24, 2.45) is 0 Å². The van der Waals surface area contributed by atoms with Gasteiger partial charge in [-0.1, -0.05) is 18.2 Å². The van der Waals surface area contributed by atoms with Crippen LogP contribution in [0.15, 0.2) is 30.5 Å². The summed E-state index contributed by atoms with van der Waals surface area (Å²) >= 11 is 0. The van der Waals surface area contributed by atoms with E-state index in [0.717, 1.165) is 16.9 Å². The van der Waals surface area contributed by atoms with Crippen molar-refractivity contribution in [1.82, 2.24) is 0 Å². The highest BCUT2D eigenvalue weighted by atomic mass is 14.9. The van der Waals surface area contributed by atoms with Crippen molar-refractivity contribution in [1.29, 1.82) is 5.41 Å². The van der Waals surface area contributed by atoms with Gasteiger partial charge in [0.15, 0.2) is 0 Å². The van der Waals surface area contributed by atoms with Gasteiger partial charge in [0.2, 0.25) is 0 Å². The number of benzene rings is 1. The molecule has 0 unspecified atom stereocenters. The summed E-state index contributed by atoms with van der Waals surface area (Å²) in [4.78, 5) is 0. The molecule has 2 N–H and O–H groups in total. The smallest absolute Gasteiger partial charge is 0.0473 e. The number of hydrogen-bond donors (Lipinski definition) is 2. The minimum absolute atomic E-state index is 0.567. The molecule has 0 bridgehead atoms. The van der Waals surface area contributed by atoms with Gasteiger partial charge in [-0.25, -0.2) is 0 Å². The lowest BCUT2D eigenvalue weighted by atomic mass is 10.1. The number of hydrogen-bond acceptors (Lipinski definition) is 2. The van der Waals surface area contributed by atoms with Gasteiger partial charge >= 0.3 is 0 Å². The first-order chi connectivity index (χ1) is 6.50. The first-order valence-electron chi connectivity index (χ1n) is 4.59. The third-order valence-electron chi connectivity index (χ3n) is 1.93. The summed E-state index contributed by atoms with van der Waals surface area (Å²) in [6.45, 7) is 9.51. The Kier molecular flexibility index (Phi) is 3.07. The standard InChI is InChI=1S/C12H16N2/c1-8(2)14-12-6-5-9(3)7-11(12)10(4)13/h5-7,13-14H,1H2,2-4H3. The summed E-state index contributed by atoms with van der Waals surface area (Å²) < 4.78 is 0. The van der Waals surface area contributed by atoms with E-state index in [1.165, 1.54) is 5.56 Å². The van der Waals surface area contributed by atoms with E-state index in [1.807, 2.05) is 32.0 Å². The molecule has 0 atom stereocenters. The third kappa shape index (κ3) is 2.46. The summed E-state index contributed by atoms with van der Waals surface area (Å²) in [5, 5.41) is 10.8. The topological polar surface area (TPSA) is 35.9 Å². The average molecular weight is 188 g/mol. The fraction of sp³-hybridized carbons (Fsp3) is 0.250. The molecule has 0 fully saturated rings. The molecule has 1 rings (SSSR count). The van der Waals surface area contributed by atoms with Gasteiger partial charge in [0, 0.05) is 22.7 Å². The Morgan fingerprint density at radius 1 is 1.36 bits per heavy atom. The lowest BCUT2D eigenvalue weighted by Gasteiger charge is -2.11. The number of nitrogens with one attached hydrogen (secondary N) is 2. The van der Waals surface area contributed by atoms with Gasteiger partial charge in [0.1, 0.15) is 0 Å². The molecule has 14 heavy (non-hydrogen) atoms. The minimum atomic E-state index is 0.567. The van der Waals surface area contributed by atoms with E-state index in [-0.39, 0.29) is 0 Å². The maximum Gasteiger partial charge on any atom is 0.0473 e. The van der Waals surface area contributed by atoms with Crippen LogP contribution in [0.2, 0.25) is 0 Å². The van der Waals surface area contributed by atoms with Gasteiger partial charge < -0.3 is 10.7 Å². The molecule has 0 saturated carbocycles. The number of allylic oxidation sites excluding steroid dienone is 1. The van der Waals surface area contributed by atoms with Crippen LogP contribution in [0, 0.1) is 12.3 Å². The molecular weight excluding hydrogens is 172 g/mol. The lowest BCUT2D eigenvalue weighted by Crippen LogP contribution is -2.02. The Balaban J connectivity index is 3.14. The highest BCUT2D eigenvalue weighted by molar-refractivity contribution is 6.01. The number of aryl methyl sites for hydroxylation is 1. The first-order valence-corrected chi connectivity index (χ1v) is 4.59. The van der Waals surface area contributed by atoms with Gasteiger partial charge in [-0.05, 0) is 32.9 Å². The van der Waals surface area contributed by atoms with Crippen LogP contribution in [0.1, 0.15) is 25.0 Å². The summed E-state index contributed by atoms with van der Waals surface area (Å²) in [6, 6.07) is 6.02. The molecule has 0 aliphatic carbocycles. The minimum Gasteiger partial charge on any atom is -0.359 e. The average Bonchev–Trinajstić information content (AvgIpc) is 2.07. The van der Waals surface area contributed by atoms with Gasteiger partial charge in [-0.15, -0.1) is 0 Å². The quantitative estimate of drug-likeness (QED) is 0.701. The highest BCUT2D eigenvalue weighted by Gasteiger charge is 2.03. The number of rotatable bonds is 3. The van der Waals surface area contributed by atoms with Crippen molar-refractivity contribution in [2.45, 2.75) is 20.8 Å². The second-order valence-corrected chi connectivity index (χ2v) is 3.58. The fourth-order valence-electron chi connectivity index (χ4n) is 1.31. The molecule has 0 aliphatic heterocycles. The van der Waals surface area contributed by atoms with E-state index >= 15 is 0 Å². The van der Waals surface area contributed by atoms with Crippen LogP contribution < -0.4 is 5.32 Å². The molecular formula is C12H16N2. The molecule has 2 nitrogen and oxygen atoms in total. The van der Waals surface area contributed by atoms with Crippen molar-refractivity contribution in [3.05, 3.63) is 41.6 Å². The molecule has 0 spiro atoms. The van der Waals surface area contributed by atoms with Crippen molar-refractivity contribution in [2.75, 3.05) is 5.32 Å². The van der Waals surface area contributed by atoms with Crippen LogP contribution in [0.25, 0.3) is 0 Å². The highest BCUT2D eigenvalue weighted by Crippen LogP contribution is 2.19. The van der Waals surface area contributed by atoms with Gasteiger partial charge in [0.05, 0.1) is 0 Å². The molecule has 74 valence electrons. The normalized spacial score (nSPS) is 9.64. The van der Waals surface area contributed by atoms with E-state index in [2.05, 4.69) is 11.9 Å². The molecule has 0 saturated heterocycles. The Morgan fingerprint density at radius 3 is 2.50 bits per heavy atom. The molecule has 2 heteroatoms. The molecule has 1 aromatic rings. The Bertz CT molecular complexity index is 378. The number of anilines is 1. The van der Waals surface area contributed by atoms with Gasteiger partial charge in [-0.3, -0.25) is 0 Å². The summed E-state index contributed by atoms with van der Waals surface area (Å²) in [5.74, 6) is 0. The van der Waals surface area contributed by atoms with Crippen molar-refractivity contribution in [3.8, 4) is 0 Å². The van der Waals surface area contributed by atoms with E-state index < -0.39 is 0 Å². The predicted molar refractivity (Wildman–Crippen MR) is 62.1 cm³/mol. The predicted octanol–water partition coefficient (Wildman–Crippen LogP) is 3.33. The monoisotopic (exact) mass is 188 g/mol. The molecule has 0 radical (unpaired) electrons. The summed E-state index contributed by atoms with van der Waals surface area (Å²) in [5.41, 5.74) is 4.51. The van der Waals surface area contributed by atoms with Crippen molar-refractivity contribution < 1.29 is 0 Å². The second-order valence-electron chi connectivity index (χ2n) is 3.58. The molecule has 1 aromatic carbocycles. The summed E-state index contributed by atoms with van der Waals surface area (Å²) in [7, 11) is 0. The zero-order valence-corrected chi connectivity index (χ0v) is 8.94. The van der Waals surface area contributed by atoms with E-state index in [4.69, 9.17) is 5.41 Å². The van der Waals surface area contributed by atoms with Gasteiger partial charge in [-0.2, -0.15) is 0 Å². The van der Waals surface area contributed by atoms with Crippen LogP contribution in [-0.2, 0) is 0 Å². The van der Waals surface area contributed by atoms with Crippen molar-refractivity contribution in [3.63, 3.8) is 0 Å². The Labute approximate surface area is 85.2 Å². The zero-order chi connectivity index (χ0) is 10.7. The SMILES string of the molecule is C=C(C)Nc1ccc(C)cc1C(C)=N.